The molecular weight excluding hydrogens is 775 g/mol. The van der Waals surface area contributed by atoms with E-state index in [1.807, 2.05) is 6.08 Å². The van der Waals surface area contributed by atoms with Crippen molar-refractivity contribution in [3.05, 3.63) is 11.6 Å². The van der Waals surface area contributed by atoms with Gasteiger partial charge < -0.3 is 9.84 Å². The van der Waals surface area contributed by atoms with Gasteiger partial charge in [-0.15, -0.1) is 0 Å². The number of rotatable bonds is 39. The van der Waals surface area contributed by atoms with Crippen LogP contribution in [0.25, 0.3) is 0 Å². The van der Waals surface area contributed by atoms with Crippen molar-refractivity contribution >= 4 is 11.8 Å². The SMILES string of the molecule is CCCCCCCCCCCCCCCC(CCCCCCCCCCCCCCC)N(CCO)CCCCCCC(=O)OC1CCC2C3CCC4=CC(=O)CCC4C3CCC12C. The fourth-order valence-corrected chi connectivity index (χ4v) is 13.4. The van der Waals surface area contributed by atoms with Gasteiger partial charge in [0.1, 0.15) is 6.10 Å². The largest absolute Gasteiger partial charge is 0.462 e. The minimum absolute atomic E-state index is 0.0289. The number of nitrogens with zero attached hydrogens (tertiary/aromatic N) is 1. The van der Waals surface area contributed by atoms with Crippen LogP contribution >= 0.6 is 0 Å². The summed E-state index contributed by atoms with van der Waals surface area (Å²) in [6, 6.07) is 0.596. The van der Waals surface area contributed by atoms with Crippen molar-refractivity contribution in [3.8, 4) is 0 Å². The van der Waals surface area contributed by atoms with Crippen LogP contribution in [0.4, 0.5) is 0 Å². The number of carbonyl (C=O) groups excluding carboxylic acids is 2. The van der Waals surface area contributed by atoms with E-state index in [1.165, 1.54) is 211 Å². The summed E-state index contributed by atoms with van der Waals surface area (Å²) < 4.78 is 6.36. The van der Waals surface area contributed by atoms with Gasteiger partial charge in [-0.25, -0.2) is 0 Å². The van der Waals surface area contributed by atoms with E-state index in [4.69, 9.17) is 4.74 Å². The van der Waals surface area contributed by atoms with Crippen molar-refractivity contribution in [2.45, 2.75) is 296 Å². The Morgan fingerprint density at radius 1 is 0.619 bits per heavy atom. The number of hydrogen-bond donors (Lipinski definition) is 1. The molecule has 4 aliphatic rings. The van der Waals surface area contributed by atoms with Gasteiger partial charge in [-0.2, -0.15) is 0 Å². The number of esters is 1. The number of fused-ring (bicyclic) bond motifs is 5. The van der Waals surface area contributed by atoms with Crippen LogP contribution in [0.5, 0.6) is 0 Å². The minimum Gasteiger partial charge on any atom is -0.462 e. The number of aliphatic hydroxyl groups is 1. The first-order chi connectivity index (χ1) is 30.9. The molecule has 366 valence electrons. The normalized spacial score (nSPS) is 24.4. The number of carbonyl (C=O) groups is 2. The van der Waals surface area contributed by atoms with E-state index in [-0.39, 0.29) is 24.1 Å². The van der Waals surface area contributed by atoms with Crippen molar-refractivity contribution in [1.29, 1.82) is 0 Å². The van der Waals surface area contributed by atoms with E-state index >= 15 is 0 Å². The highest BCUT2D eigenvalue weighted by atomic mass is 16.5. The number of ketones is 1. The van der Waals surface area contributed by atoms with Crippen molar-refractivity contribution in [2.75, 3.05) is 19.7 Å². The third-order valence-electron chi connectivity index (χ3n) is 17.2. The second-order valence-corrected chi connectivity index (χ2v) is 22.0. The monoisotopic (exact) mass is 880 g/mol. The maximum atomic E-state index is 13.3. The lowest BCUT2D eigenvalue weighted by Gasteiger charge is -2.53. The zero-order valence-electron chi connectivity index (χ0n) is 42.3. The Balaban J connectivity index is 1.11. The number of allylic oxidation sites excluding steroid dienone is 1. The van der Waals surface area contributed by atoms with E-state index in [2.05, 4.69) is 25.7 Å². The highest BCUT2D eigenvalue weighted by molar-refractivity contribution is 5.91. The Morgan fingerprint density at radius 2 is 1.13 bits per heavy atom. The molecule has 3 saturated carbocycles. The molecule has 4 aliphatic carbocycles. The van der Waals surface area contributed by atoms with Crippen LogP contribution < -0.4 is 0 Å². The second-order valence-electron chi connectivity index (χ2n) is 22.0. The predicted molar refractivity (Wildman–Crippen MR) is 268 cm³/mol. The molecular formula is C58H105NO4. The van der Waals surface area contributed by atoms with Crippen LogP contribution in [0.2, 0.25) is 0 Å². The lowest BCUT2D eigenvalue weighted by molar-refractivity contribution is -0.159. The number of aliphatic hydroxyl groups excluding tert-OH is 1. The summed E-state index contributed by atoms with van der Waals surface area (Å²) in [4.78, 5) is 28.0. The molecule has 3 fully saturated rings. The summed E-state index contributed by atoms with van der Waals surface area (Å²) in [7, 11) is 0. The smallest absolute Gasteiger partial charge is 0.306 e. The Labute approximate surface area is 391 Å². The van der Waals surface area contributed by atoms with Crippen molar-refractivity contribution < 1.29 is 19.4 Å². The van der Waals surface area contributed by atoms with Gasteiger partial charge in [0, 0.05) is 30.8 Å². The molecule has 0 radical (unpaired) electrons. The molecule has 0 heterocycles. The summed E-state index contributed by atoms with van der Waals surface area (Å²) in [5, 5.41) is 10.2. The Morgan fingerprint density at radius 3 is 1.67 bits per heavy atom. The molecule has 6 unspecified atom stereocenters. The summed E-state index contributed by atoms with van der Waals surface area (Å²) in [5.74, 6) is 3.12. The molecule has 0 aromatic heterocycles. The van der Waals surface area contributed by atoms with Gasteiger partial charge in [0.2, 0.25) is 0 Å². The molecule has 0 aliphatic heterocycles. The lowest BCUT2D eigenvalue weighted by atomic mass is 9.52. The van der Waals surface area contributed by atoms with E-state index in [0.29, 0.717) is 30.1 Å². The van der Waals surface area contributed by atoms with E-state index in [0.717, 1.165) is 76.3 Å². The van der Waals surface area contributed by atoms with Crippen molar-refractivity contribution in [2.24, 2.45) is 29.1 Å². The Kier molecular flexibility index (Phi) is 28.8. The molecule has 1 N–H and O–H groups in total. The molecule has 0 amide bonds. The molecule has 5 heteroatoms. The van der Waals surface area contributed by atoms with Gasteiger partial charge in [0.05, 0.1) is 6.61 Å². The van der Waals surface area contributed by atoms with Crippen LogP contribution in [0.3, 0.4) is 0 Å². The number of ether oxygens (including phenoxy) is 1. The molecule has 5 nitrogen and oxygen atoms in total. The Bertz CT molecular complexity index is 1190. The van der Waals surface area contributed by atoms with E-state index < -0.39 is 0 Å². The predicted octanol–water partition coefficient (Wildman–Crippen LogP) is 16.6. The highest BCUT2D eigenvalue weighted by Gasteiger charge is 2.57. The maximum absolute atomic E-state index is 13.3. The third kappa shape index (κ3) is 20.3. The maximum Gasteiger partial charge on any atom is 0.306 e. The number of hydrogen-bond acceptors (Lipinski definition) is 5. The zero-order valence-corrected chi connectivity index (χ0v) is 42.3. The standard InChI is InChI=1S/C58H105NO4/c1-4-6-8-10-12-14-16-18-20-22-24-26-30-34-50(35-31-27-25-23-21-19-17-15-13-11-9-7-5-2)59(46-47-60)45-33-29-28-32-36-57(62)63-56-42-41-55-54-39-37-49-48-51(61)38-40-52(49)53(54)43-44-58(55,56)3/h48,50,52-56,60H,4-47H2,1-3H3. The molecule has 0 aromatic rings. The molecule has 0 spiro atoms. The average molecular weight is 880 g/mol. The topological polar surface area (TPSA) is 66.8 Å². The lowest BCUT2D eigenvalue weighted by Crippen LogP contribution is -2.48. The van der Waals surface area contributed by atoms with Crippen LogP contribution in [0.15, 0.2) is 11.6 Å². The van der Waals surface area contributed by atoms with E-state index in [9.17, 15) is 14.7 Å². The van der Waals surface area contributed by atoms with Gasteiger partial charge >= 0.3 is 5.97 Å². The molecule has 63 heavy (non-hydrogen) atoms. The second kappa shape index (κ2) is 33.3. The summed E-state index contributed by atoms with van der Waals surface area (Å²) in [5.41, 5.74) is 1.57. The summed E-state index contributed by atoms with van der Waals surface area (Å²) in [6.45, 7) is 9.17. The Hall–Kier alpha value is -1.20. The van der Waals surface area contributed by atoms with Gasteiger partial charge in [-0.05, 0) is 107 Å². The zero-order chi connectivity index (χ0) is 44.8. The third-order valence-corrected chi connectivity index (χ3v) is 17.2. The van der Waals surface area contributed by atoms with Crippen LogP contribution in [0.1, 0.15) is 284 Å². The molecule has 6 atom stereocenters. The summed E-state index contributed by atoms with van der Waals surface area (Å²) >= 11 is 0. The highest BCUT2D eigenvalue weighted by Crippen LogP contribution is 2.62. The van der Waals surface area contributed by atoms with Crippen molar-refractivity contribution in [1.82, 2.24) is 4.90 Å². The van der Waals surface area contributed by atoms with Gasteiger partial charge in [-0.1, -0.05) is 206 Å². The first-order valence-electron chi connectivity index (χ1n) is 28.7. The fraction of sp³-hybridized carbons (Fsp3) is 0.931. The van der Waals surface area contributed by atoms with Gasteiger partial charge in [0.25, 0.3) is 0 Å². The molecule has 0 bridgehead atoms. The molecule has 0 saturated heterocycles. The van der Waals surface area contributed by atoms with Crippen LogP contribution in [-0.4, -0.2) is 53.6 Å². The quantitative estimate of drug-likeness (QED) is 0.0492. The first kappa shape index (κ1) is 54.4. The van der Waals surface area contributed by atoms with Crippen LogP contribution in [0, 0.1) is 29.1 Å². The van der Waals surface area contributed by atoms with Crippen LogP contribution in [-0.2, 0) is 14.3 Å². The van der Waals surface area contributed by atoms with Crippen molar-refractivity contribution in [3.63, 3.8) is 0 Å². The van der Waals surface area contributed by atoms with Gasteiger partial charge in [-0.3, -0.25) is 14.5 Å². The number of unbranched alkanes of at least 4 members (excludes halogenated alkanes) is 27. The average Bonchev–Trinajstić information content (AvgIpc) is 3.61. The fourth-order valence-electron chi connectivity index (χ4n) is 13.4. The van der Waals surface area contributed by atoms with E-state index in [1.54, 1.807) is 0 Å². The van der Waals surface area contributed by atoms with Gasteiger partial charge in [0.15, 0.2) is 5.78 Å². The molecule has 0 aromatic carbocycles. The molecule has 4 rings (SSSR count). The minimum atomic E-state index is 0.0289. The first-order valence-corrected chi connectivity index (χ1v) is 28.7. The summed E-state index contributed by atoms with van der Waals surface area (Å²) in [6.07, 6.45) is 54.7.